The van der Waals surface area contributed by atoms with Crippen molar-refractivity contribution in [2.24, 2.45) is 17.3 Å². The smallest absolute Gasteiger partial charge is 0.153 e. The molecule has 0 radical (unpaired) electrons. The maximum atomic E-state index is 14.1. The Labute approximate surface area is 169 Å². The summed E-state index contributed by atoms with van der Waals surface area (Å²) in [6, 6.07) is 18.3. The number of carbonyl (C=O) groups is 2. The molecule has 3 saturated carbocycles. The molecule has 6 unspecified atom stereocenters. The molecule has 0 amide bonds. The molecule has 4 aliphatic carbocycles. The van der Waals surface area contributed by atoms with Crippen LogP contribution in [0.5, 0.6) is 0 Å². The minimum absolute atomic E-state index is 0.0356. The third kappa shape index (κ3) is 1.61. The summed E-state index contributed by atoms with van der Waals surface area (Å²) in [7, 11) is 0. The minimum atomic E-state index is -0.675. The van der Waals surface area contributed by atoms with E-state index in [1.165, 1.54) is 5.56 Å². The Kier molecular flexibility index (Phi) is 2.87. The third-order valence-electron chi connectivity index (χ3n) is 8.68. The fraction of sp³-hybridized carbons (Fsp3) is 0.440. The predicted molar refractivity (Wildman–Crippen MR) is 104 cm³/mol. The van der Waals surface area contributed by atoms with E-state index in [-0.39, 0.29) is 29.3 Å². The first-order chi connectivity index (χ1) is 14.1. The number of hydrogen-bond acceptors (Lipinski definition) is 4. The van der Waals surface area contributed by atoms with Gasteiger partial charge in [-0.2, -0.15) is 0 Å². The molecule has 4 fully saturated rings. The number of rotatable bonds is 3. The molecule has 1 heterocycles. The van der Waals surface area contributed by atoms with Crippen molar-refractivity contribution in [3.63, 3.8) is 0 Å². The summed E-state index contributed by atoms with van der Waals surface area (Å²) in [6.45, 7) is 1.31. The number of benzene rings is 2. The zero-order chi connectivity index (χ0) is 19.4. The molecular weight excluding hydrogens is 364 g/mol. The first kappa shape index (κ1) is 16.5. The lowest BCUT2D eigenvalue weighted by atomic mass is 9.29. The lowest BCUT2D eigenvalue weighted by Gasteiger charge is -2.73. The van der Waals surface area contributed by atoms with Gasteiger partial charge in [-0.3, -0.25) is 9.59 Å². The minimum Gasteiger partial charge on any atom is -0.379 e. The summed E-state index contributed by atoms with van der Waals surface area (Å²) in [5.41, 5.74) is 1.57. The molecule has 2 aromatic carbocycles. The molecule has 7 rings (SSSR count). The number of carbonyl (C=O) groups excluding carboxylic acids is 2. The summed E-state index contributed by atoms with van der Waals surface area (Å²) in [5, 5.41) is 0. The van der Waals surface area contributed by atoms with E-state index in [1.54, 1.807) is 0 Å². The van der Waals surface area contributed by atoms with E-state index in [4.69, 9.17) is 9.47 Å². The molecule has 4 nitrogen and oxygen atoms in total. The van der Waals surface area contributed by atoms with Crippen LogP contribution in [0.25, 0.3) is 0 Å². The Bertz CT molecular complexity index is 1080. The Hall–Kier alpha value is -2.30. The lowest BCUT2D eigenvalue weighted by molar-refractivity contribution is -0.262. The van der Waals surface area contributed by atoms with E-state index in [1.807, 2.05) is 42.5 Å². The lowest BCUT2D eigenvalue weighted by Crippen LogP contribution is -2.82. The van der Waals surface area contributed by atoms with Gasteiger partial charge in [0.25, 0.3) is 0 Å². The van der Waals surface area contributed by atoms with Gasteiger partial charge in [-0.05, 0) is 23.1 Å². The van der Waals surface area contributed by atoms with Crippen LogP contribution in [0.15, 0.2) is 54.6 Å². The van der Waals surface area contributed by atoms with Gasteiger partial charge in [0.1, 0.15) is 5.78 Å². The highest BCUT2D eigenvalue weighted by Gasteiger charge is 2.85. The maximum absolute atomic E-state index is 14.1. The maximum Gasteiger partial charge on any atom is 0.153 e. The quantitative estimate of drug-likeness (QED) is 0.813. The van der Waals surface area contributed by atoms with Crippen molar-refractivity contribution >= 4 is 11.6 Å². The molecule has 5 aliphatic rings. The highest BCUT2D eigenvalue weighted by Crippen LogP contribution is 2.77. The SMILES string of the molecule is O=C1CC23COCC24C(=O)C2C(c5ccccc54)C1C2(OCc1ccccc1)C3. The Balaban J connectivity index is 1.43. The van der Waals surface area contributed by atoms with Crippen molar-refractivity contribution in [2.75, 3.05) is 13.2 Å². The van der Waals surface area contributed by atoms with Crippen LogP contribution >= 0.6 is 0 Å². The van der Waals surface area contributed by atoms with Crippen LogP contribution in [-0.2, 0) is 31.1 Å². The number of fused-ring (bicyclic) bond motifs is 3. The summed E-state index contributed by atoms with van der Waals surface area (Å²) < 4.78 is 12.6. The van der Waals surface area contributed by atoms with Crippen LogP contribution in [0.2, 0.25) is 0 Å². The van der Waals surface area contributed by atoms with Crippen LogP contribution in [-0.4, -0.2) is 30.4 Å². The van der Waals surface area contributed by atoms with Gasteiger partial charge in [0.15, 0.2) is 5.78 Å². The van der Waals surface area contributed by atoms with E-state index >= 15 is 0 Å². The van der Waals surface area contributed by atoms with Crippen LogP contribution in [0, 0.1) is 17.3 Å². The topological polar surface area (TPSA) is 52.6 Å². The number of Topliss-reactive ketones (excluding diaryl/α,β-unsaturated/α-hetero) is 2. The molecule has 1 aliphatic heterocycles. The molecule has 0 aromatic heterocycles. The Morgan fingerprint density at radius 3 is 2.62 bits per heavy atom. The number of ether oxygens (including phenoxy) is 2. The standard InChI is InChI=1S/C25H22O4/c26-18-10-23-12-25(29-11-15-6-2-1-3-7-15)20(18)19-16-8-4-5-9-17(16)24(23,14-28-13-23)22(27)21(19)25/h1-9,19-21H,10-14H2. The summed E-state index contributed by atoms with van der Waals surface area (Å²) >= 11 is 0. The summed E-state index contributed by atoms with van der Waals surface area (Å²) in [6.07, 6.45) is 1.20. The zero-order valence-electron chi connectivity index (χ0n) is 16.1. The van der Waals surface area contributed by atoms with Gasteiger partial charge >= 0.3 is 0 Å². The van der Waals surface area contributed by atoms with Crippen LogP contribution in [0.3, 0.4) is 0 Å². The second kappa shape index (κ2) is 5.05. The van der Waals surface area contributed by atoms with E-state index in [0.29, 0.717) is 26.2 Å². The highest BCUT2D eigenvalue weighted by atomic mass is 16.5. The molecule has 0 N–H and O–H groups in total. The predicted octanol–water partition coefficient (Wildman–Crippen LogP) is 3.19. The number of hydrogen-bond donors (Lipinski definition) is 0. The second-order valence-electron chi connectivity index (χ2n) is 9.66. The van der Waals surface area contributed by atoms with Crippen LogP contribution in [0.4, 0.5) is 0 Å². The molecular formula is C25H22O4. The monoisotopic (exact) mass is 386 g/mol. The van der Waals surface area contributed by atoms with Gasteiger partial charge in [-0.25, -0.2) is 0 Å². The highest BCUT2D eigenvalue weighted by molar-refractivity contribution is 6.06. The van der Waals surface area contributed by atoms with Gasteiger partial charge in [0, 0.05) is 17.8 Å². The Morgan fingerprint density at radius 2 is 1.76 bits per heavy atom. The van der Waals surface area contributed by atoms with Crippen molar-refractivity contribution in [1.29, 1.82) is 0 Å². The fourth-order valence-corrected chi connectivity index (χ4v) is 7.72. The van der Waals surface area contributed by atoms with Crippen molar-refractivity contribution < 1.29 is 19.1 Å². The van der Waals surface area contributed by atoms with E-state index < -0.39 is 16.4 Å². The van der Waals surface area contributed by atoms with E-state index in [9.17, 15) is 9.59 Å². The van der Waals surface area contributed by atoms with Gasteiger partial charge in [0.2, 0.25) is 0 Å². The second-order valence-corrected chi connectivity index (χ2v) is 9.66. The largest absolute Gasteiger partial charge is 0.379 e. The normalized spacial score (nSPS) is 43.0. The zero-order valence-corrected chi connectivity index (χ0v) is 16.1. The molecule has 2 spiro atoms. The third-order valence-corrected chi connectivity index (χ3v) is 8.68. The molecule has 4 bridgehead atoms. The van der Waals surface area contributed by atoms with Crippen molar-refractivity contribution in [1.82, 2.24) is 0 Å². The first-order valence-electron chi connectivity index (χ1n) is 10.6. The molecule has 2 aromatic rings. The van der Waals surface area contributed by atoms with Gasteiger partial charge < -0.3 is 9.47 Å². The average molecular weight is 386 g/mol. The van der Waals surface area contributed by atoms with Gasteiger partial charge in [0.05, 0.1) is 42.7 Å². The van der Waals surface area contributed by atoms with Crippen LogP contribution < -0.4 is 0 Å². The Morgan fingerprint density at radius 1 is 0.966 bits per heavy atom. The average Bonchev–Trinajstić information content (AvgIpc) is 3.05. The fourth-order valence-electron chi connectivity index (χ4n) is 7.72. The summed E-state index contributed by atoms with van der Waals surface area (Å²) in [4.78, 5) is 27.5. The molecule has 29 heavy (non-hydrogen) atoms. The van der Waals surface area contributed by atoms with Crippen molar-refractivity contribution in [3.8, 4) is 0 Å². The number of ketones is 2. The van der Waals surface area contributed by atoms with Gasteiger partial charge in [-0.15, -0.1) is 0 Å². The van der Waals surface area contributed by atoms with Gasteiger partial charge in [-0.1, -0.05) is 54.6 Å². The molecule has 6 atom stereocenters. The van der Waals surface area contributed by atoms with Crippen molar-refractivity contribution in [3.05, 3.63) is 71.3 Å². The molecule has 146 valence electrons. The van der Waals surface area contributed by atoms with Crippen LogP contribution in [0.1, 0.15) is 35.4 Å². The molecule has 1 saturated heterocycles. The van der Waals surface area contributed by atoms with E-state index in [2.05, 4.69) is 12.1 Å². The summed E-state index contributed by atoms with van der Waals surface area (Å²) in [5.74, 6) is 0.0479. The first-order valence-corrected chi connectivity index (χ1v) is 10.6. The molecule has 4 heteroatoms. The van der Waals surface area contributed by atoms with Crippen molar-refractivity contribution in [2.45, 2.75) is 36.4 Å². The van der Waals surface area contributed by atoms with E-state index in [0.717, 1.165) is 17.5 Å².